The molecule has 0 aromatic heterocycles. The molecule has 0 nitrogen and oxygen atoms in total. The van der Waals surface area contributed by atoms with E-state index in [0.717, 1.165) is 0 Å². The van der Waals surface area contributed by atoms with Gasteiger partial charge in [0.1, 0.15) is 0 Å². The second-order valence-corrected chi connectivity index (χ2v) is 15.0. The molecular formula is C54H36. The molecule has 0 heterocycles. The highest BCUT2D eigenvalue weighted by atomic mass is 14.4. The molecule has 10 aromatic rings. The van der Waals surface area contributed by atoms with Crippen molar-refractivity contribution in [2.75, 3.05) is 0 Å². The molecule has 0 amide bonds. The minimum absolute atomic E-state index is 0.223. The smallest absolute Gasteiger partial charge is 0.0435 e. The molecule has 1 unspecified atom stereocenters. The van der Waals surface area contributed by atoms with Crippen molar-refractivity contribution in [1.82, 2.24) is 0 Å². The standard InChI is InChI=1S/C54H36/c1-54(42-18-3-2-4-19-42)51-25-12-11-23-46(51)50-32-38-27-26-37(31-41(38)34-52(50)54)36-16-13-17-39(30-36)44-21-9-10-24-47(44)53-45-22-8-6-15-40(45)33-49-43-20-7-5-14-35(43)28-29-48(49)53/h2-34H,1H3. The molecule has 1 aliphatic carbocycles. The number of hydrogen-bond acceptors (Lipinski definition) is 0. The van der Waals surface area contributed by atoms with Crippen LogP contribution in [0.1, 0.15) is 23.6 Å². The van der Waals surface area contributed by atoms with Crippen molar-refractivity contribution in [3.8, 4) is 44.5 Å². The summed E-state index contributed by atoms with van der Waals surface area (Å²) in [5.74, 6) is 0. The fourth-order valence-corrected chi connectivity index (χ4v) is 9.42. The van der Waals surface area contributed by atoms with Crippen molar-refractivity contribution in [3.05, 3.63) is 217 Å². The van der Waals surface area contributed by atoms with Gasteiger partial charge in [-0.05, 0) is 142 Å². The predicted molar refractivity (Wildman–Crippen MR) is 230 cm³/mol. The van der Waals surface area contributed by atoms with E-state index in [1.54, 1.807) is 0 Å². The molecule has 0 N–H and O–H groups in total. The maximum Gasteiger partial charge on any atom is 0.0435 e. The van der Waals surface area contributed by atoms with E-state index >= 15 is 0 Å². The number of benzene rings is 10. The van der Waals surface area contributed by atoms with Crippen LogP contribution < -0.4 is 0 Å². The van der Waals surface area contributed by atoms with Gasteiger partial charge in [0.05, 0.1) is 0 Å². The Labute approximate surface area is 315 Å². The second kappa shape index (κ2) is 11.9. The van der Waals surface area contributed by atoms with Gasteiger partial charge >= 0.3 is 0 Å². The third-order valence-electron chi connectivity index (χ3n) is 12.1. The lowest BCUT2D eigenvalue weighted by atomic mass is 9.74. The van der Waals surface area contributed by atoms with E-state index in [4.69, 9.17) is 0 Å². The van der Waals surface area contributed by atoms with E-state index < -0.39 is 0 Å². The van der Waals surface area contributed by atoms with E-state index in [1.165, 1.54) is 104 Å². The fourth-order valence-electron chi connectivity index (χ4n) is 9.42. The molecule has 0 saturated heterocycles. The highest BCUT2D eigenvalue weighted by Crippen LogP contribution is 2.53. The number of fused-ring (bicyclic) bond motifs is 8. The van der Waals surface area contributed by atoms with Gasteiger partial charge in [-0.25, -0.2) is 0 Å². The first-order chi connectivity index (χ1) is 26.6. The maximum atomic E-state index is 2.45. The van der Waals surface area contributed by atoms with Crippen LogP contribution in [0.3, 0.4) is 0 Å². The van der Waals surface area contributed by atoms with E-state index in [9.17, 15) is 0 Å². The SMILES string of the molecule is CC1(c2ccccc2)c2ccccc2-c2cc3ccc(-c4cccc(-c5ccccc5-c5c6ccccc6cc6c5ccc5ccccc56)c4)cc3cc21. The third kappa shape index (κ3) is 4.57. The Kier molecular flexibility index (Phi) is 6.78. The van der Waals surface area contributed by atoms with Gasteiger partial charge in [0.25, 0.3) is 0 Å². The topological polar surface area (TPSA) is 0 Å². The summed E-state index contributed by atoms with van der Waals surface area (Å²) in [5.41, 5.74) is 14.0. The second-order valence-electron chi connectivity index (χ2n) is 15.0. The summed E-state index contributed by atoms with van der Waals surface area (Å²) >= 11 is 0. The zero-order valence-electron chi connectivity index (χ0n) is 30.1. The Morgan fingerprint density at radius 2 is 0.963 bits per heavy atom. The highest BCUT2D eigenvalue weighted by Gasteiger charge is 2.40. The molecular weight excluding hydrogens is 649 g/mol. The molecule has 252 valence electrons. The molecule has 54 heavy (non-hydrogen) atoms. The largest absolute Gasteiger partial charge is 0.0622 e. The Balaban J connectivity index is 1.06. The monoisotopic (exact) mass is 684 g/mol. The molecule has 0 spiro atoms. The van der Waals surface area contributed by atoms with Crippen LogP contribution in [-0.4, -0.2) is 0 Å². The lowest BCUT2D eigenvalue weighted by Crippen LogP contribution is -2.22. The van der Waals surface area contributed by atoms with Crippen molar-refractivity contribution in [1.29, 1.82) is 0 Å². The Hall–Kier alpha value is -6.76. The van der Waals surface area contributed by atoms with E-state index in [0.29, 0.717) is 0 Å². The fraction of sp³-hybridized carbons (Fsp3) is 0.0370. The van der Waals surface area contributed by atoms with E-state index in [-0.39, 0.29) is 5.41 Å². The van der Waals surface area contributed by atoms with Gasteiger partial charge in [0.2, 0.25) is 0 Å². The predicted octanol–water partition coefficient (Wildman–Crippen LogP) is 14.6. The average Bonchev–Trinajstić information content (AvgIpc) is 3.49. The Morgan fingerprint density at radius 3 is 1.83 bits per heavy atom. The van der Waals surface area contributed by atoms with Gasteiger partial charge < -0.3 is 0 Å². The first-order valence-electron chi connectivity index (χ1n) is 18.9. The molecule has 0 radical (unpaired) electrons. The lowest BCUT2D eigenvalue weighted by Gasteiger charge is -2.28. The first-order valence-corrected chi connectivity index (χ1v) is 18.9. The van der Waals surface area contributed by atoms with Gasteiger partial charge in [-0.2, -0.15) is 0 Å². The molecule has 10 aromatic carbocycles. The molecule has 1 atom stereocenters. The molecule has 0 aliphatic heterocycles. The zero-order chi connectivity index (χ0) is 35.8. The minimum Gasteiger partial charge on any atom is -0.0622 e. The Morgan fingerprint density at radius 1 is 0.296 bits per heavy atom. The number of rotatable bonds is 4. The maximum absolute atomic E-state index is 2.45. The summed E-state index contributed by atoms with van der Waals surface area (Å²) in [7, 11) is 0. The van der Waals surface area contributed by atoms with Crippen LogP contribution in [0.4, 0.5) is 0 Å². The normalized spacial score (nSPS) is 14.8. The molecule has 0 bridgehead atoms. The Bertz CT molecular complexity index is 3110. The lowest BCUT2D eigenvalue weighted by molar-refractivity contribution is 0.715. The van der Waals surface area contributed by atoms with Crippen molar-refractivity contribution in [2.45, 2.75) is 12.3 Å². The van der Waals surface area contributed by atoms with Gasteiger partial charge in [-0.3, -0.25) is 0 Å². The van der Waals surface area contributed by atoms with Gasteiger partial charge in [0.15, 0.2) is 0 Å². The van der Waals surface area contributed by atoms with Crippen LogP contribution in [0.5, 0.6) is 0 Å². The summed E-state index contributed by atoms with van der Waals surface area (Å²) in [5, 5.41) is 10.2. The van der Waals surface area contributed by atoms with Crippen molar-refractivity contribution in [3.63, 3.8) is 0 Å². The average molecular weight is 685 g/mol. The zero-order valence-corrected chi connectivity index (χ0v) is 30.1. The summed E-state index contributed by atoms with van der Waals surface area (Å²) in [6.45, 7) is 2.39. The molecule has 0 saturated carbocycles. The van der Waals surface area contributed by atoms with Gasteiger partial charge in [0, 0.05) is 5.41 Å². The summed E-state index contributed by atoms with van der Waals surface area (Å²) in [6, 6.07) is 74.4. The van der Waals surface area contributed by atoms with Crippen LogP contribution in [0.25, 0.3) is 87.6 Å². The van der Waals surface area contributed by atoms with Crippen LogP contribution in [0, 0.1) is 0 Å². The van der Waals surface area contributed by atoms with Gasteiger partial charge in [-0.1, -0.05) is 170 Å². The molecule has 1 aliphatic rings. The summed E-state index contributed by atoms with van der Waals surface area (Å²) in [4.78, 5) is 0. The van der Waals surface area contributed by atoms with Crippen LogP contribution in [-0.2, 0) is 5.41 Å². The summed E-state index contributed by atoms with van der Waals surface area (Å²) in [6.07, 6.45) is 0. The van der Waals surface area contributed by atoms with Crippen molar-refractivity contribution >= 4 is 43.1 Å². The van der Waals surface area contributed by atoms with Crippen molar-refractivity contribution < 1.29 is 0 Å². The first kappa shape index (κ1) is 30.8. The minimum atomic E-state index is -0.223. The summed E-state index contributed by atoms with van der Waals surface area (Å²) < 4.78 is 0. The van der Waals surface area contributed by atoms with Gasteiger partial charge in [-0.15, -0.1) is 0 Å². The van der Waals surface area contributed by atoms with E-state index in [1.807, 2.05) is 0 Å². The molecule has 0 fully saturated rings. The molecule has 0 heteroatoms. The number of hydrogen-bond donors (Lipinski definition) is 0. The van der Waals surface area contributed by atoms with Crippen LogP contribution >= 0.6 is 0 Å². The quantitative estimate of drug-likeness (QED) is 0.128. The highest BCUT2D eigenvalue weighted by molar-refractivity contribution is 6.21. The van der Waals surface area contributed by atoms with Crippen LogP contribution in [0.2, 0.25) is 0 Å². The third-order valence-corrected chi connectivity index (χ3v) is 12.1. The van der Waals surface area contributed by atoms with Crippen molar-refractivity contribution in [2.24, 2.45) is 0 Å². The molecule has 11 rings (SSSR count). The van der Waals surface area contributed by atoms with Crippen LogP contribution in [0.15, 0.2) is 200 Å². The van der Waals surface area contributed by atoms with E-state index in [2.05, 4.69) is 207 Å².